The number of aliphatic hydroxyl groups is 3. The van der Waals surface area contributed by atoms with E-state index in [2.05, 4.69) is 39.8 Å². The molecule has 0 saturated carbocycles. The van der Waals surface area contributed by atoms with Crippen molar-refractivity contribution in [2.75, 3.05) is 20.8 Å². The molecule has 0 radical (unpaired) electrons. The molecule has 4 saturated heterocycles. The average molecular weight is 873 g/mol. The van der Waals surface area contributed by atoms with Crippen LogP contribution in [0.4, 0.5) is 0 Å². The molecule has 0 amide bonds. The molecule has 7 rings (SSSR count). The highest BCUT2D eigenvalue weighted by molar-refractivity contribution is 5.78. The lowest BCUT2D eigenvalue weighted by Gasteiger charge is -2.48. The van der Waals surface area contributed by atoms with E-state index in [9.17, 15) is 20.1 Å². The van der Waals surface area contributed by atoms with Crippen LogP contribution in [0.1, 0.15) is 93.9 Å². The van der Waals surface area contributed by atoms with E-state index >= 15 is 0 Å². The van der Waals surface area contributed by atoms with Crippen LogP contribution in [0.25, 0.3) is 0 Å². The van der Waals surface area contributed by atoms with E-state index in [4.69, 9.17) is 47.4 Å². The van der Waals surface area contributed by atoms with Gasteiger partial charge in [0.1, 0.15) is 42.0 Å². The molecule has 62 heavy (non-hydrogen) atoms. The topological polar surface area (TPSA) is 170 Å². The minimum atomic E-state index is -1.84. The molecule has 20 atom stereocenters. The highest BCUT2D eigenvalue weighted by Crippen LogP contribution is 2.47. The molecular formula is C48H72O14. The number of carbonyl (C=O) groups excluding carboxylic acids is 1. The van der Waals surface area contributed by atoms with Crippen LogP contribution in [0.5, 0.6) is 0 Å². The molecule has 7 aliphatic rings. The third-order valence-corrected chi connectivity index (χ3v) is 14.5. The van der Waals surface area contributed by atoms with E-state index in [1.807, 2.05) is 32.1 Å². The summed E-state index contributed by atoms with van der Waals surface area (Å²) in [4.78, 5) is 14.3. The molecular weight excluding hydrogens is 801 g/mol. The van der Waals surface area contributed by atoms with Gasteiger partial charge in [0.15, 0.2) is 18.4 Å². The molecule has 0 aromatic rings. The third-order valence-electron chi connectivity index (χ3n) is 14.5. The van der Waals surface area contributed by atoms with E-state index in [0.29, 0.717) is 43.3 Å². The summed E-state index contributed by atoms with van der Waals surface area (Å²) in [6.07, 6.45) is 8.55. The van der Waals surface area contributed by atoms with Crippen molar-refractivity contribution in [3.63, 3.8) is 0 Å². The fourth-order valence-electron chi connectivity index (χ4n) is 10.6. The fraction of sp³-hybridized carbons (Fsp3) is 0.771. The predicted octanol–water partition coefficient (Wildman–Crippen LogP) is 5.38. The molecule has 1 aliphatic carbocycles. The minimum absolute atomic E-state index is 0.0317. The third kappa shape index (κ3) is 9.64. The Bertz CT molecular complexity index is 1730. The maximum atomic E-state index is 14.3. The van der Waals surface area contributed by atoms with Gasteiger partial charge in [-0.25, -0.2) is 0 Å². The molecule has 3 N–H and O–H groups in total. The van der Waals surface area contributed by atoms with Crippen LogP contribution >= 0.6 is 0 Å². The Balaban J connectivity index is 1.18. The normalized spacial score (nSPS) is 49.1. The molecule has 1 unspecified atom stereocenters. The van der Waals surface area contributed by atoms with E-state index in [0.717, 1.165) is 12.0 Å². The first kappa shape index (κ1) is 47.6. The zero-order valence-electron chi connectivity index (χ0n) is 38.2. The second kappa shape index (κ2) is 19.7. The van der Waals surface area contributed by atoms with Gasteiger partial charge >= 0.3 is 5.97 Å². The number of allylic oxidation sites excluding steroid dienone is 2. The second-order valence-electron chi connectivity index (χ2n) is 19.0. The van der Waals surface area contributed by atoms with Crippen molar-refractivity contribution >= 4 is 5.97 Å². The smallest absolute Gasteiger partial charge is 0.316 e. The van der Waals surface area contributed by atoms with Crippen LogP contribution in [-0.2, 0) is 52.2 Å². The van der Waals surface area contributed by atoms with Crippen molar-refractivity contribution in [1.29, 1.82) is 0 Å². The van der Waals surface area contributed by atoms with Crippen LogP contribution in [0.3, 0.4) is 0 Å². The Hall–Kier alpha value is -2.31. The Kier molecular flexibility index (Phi) is 15.1. The van der Waals surface area contributed by atoms with Crippen molar-refractivity contribution in [3.05, 3.63) is 59.3 Å². The zero-order chi connectivity index (χ0) is 44.7. The molecule has 0 aromatic carbocycles. The minimum Gasteiger partial charge on any atom is -0.462 e. The van der Waals surface area contributed by atoms with Gasteiger partial charge in [-0.3, -0.25) is 4.79 Å². The van der Waals surface area contributed by atoms with Gasteiger partial charge < -0.3 is 62.7 Å². The highest BCUT2D eigenvalue weighted by Gasteiger charge is 2.60. The molecule has 6 aliphatic heterocycles. The first-order chi connectivity index (χ1) is 29.5. The number of esters is 1. The number of ether oxygens (including phenoxy) is 10. The first-order valence-corrected chi connectivity index (χ1v) is 22.9. The summed E-state index contributed by atoms with van der Waals surface area (Å²) in [7, 11) is 3.22. The quantitative estimate of drug-likeness (QED) is 0.210. The van der Waals surface area contributed by atoms with E-state index in [-0.39, 0.29) is 42.7 Å². The SMILES string of the molecule is CC[C@H](C)[C@H]1O[C@]2(C=C[C@@H]1C)C[C@@H]1C[C@@H](C/C=C(\C)[C@@H](O[C@H]3C[C@H](OC)C(O[C@H]4C[C@H](OC)[C@@H](O)[C@H](C)O4)[C@H](C)O3)[C@@H](C)/C=C/C=C3\CO[C@@H]4[C@H](O)C(C)=C[C@@H](C(=O)O1)[C@]34O)O2. The Labute approximate surface area is 367 Å². The summed E-state index contributed by atoms with van der Waals surface area (Å²) in [5, 5.41) is 34.2. The standard InChI is InChI=1S/C48H72O14/c1-11-25(2)43-28(5)17-18-47(62-43)23-34-20-33(61-47)16-15-27(4)42(26(3)13-12-14-32-24-55-45-40(49)29(6)19-35(46(51)58-34)48(32,45)52)59-39-22-37(54-10)44(31(8)57-39)60-38-21-36(53-9)41(50)30(7)56-38/h12-15,17-19,25-26,28,30-31,33-45,49-50,52H,11,16,20-24H2,1-10H3/b13-12+,27-15+,32-14+/t25-,26-,28-,30-,31-,33+,34-,35-,36-,37-,38-,39-,40+,41-,42-,43+,44?,45+,47+,48+/m0/s1. The van der Waals surface area contributed by atoms with Crippen molar-refractivity contribution in [2.24, 2.45) is 23.7 Å². The number of hydrogen-bond donors (Lipinski definition) is 3. The molecule has 348 valence electrons. The summed E-state index contributed by atoms with van der Waals surface area (Å²) in [5.74, 6) is -2.56. The van der Waals surface area contributed by atoms with E-state index in [1.54, 1.807) is 40.2 Å². The van der Waals surface area contributed by atoms with Crippen molar-refractivity contribution in [2.45, 2.75) is 191 Å². The fourth-order valence-corrected chi connectivity index (χ4v) is 10.6. The molecule has 2 bridgehead atoms. The van der Waals surface area contributed by atoms with Gasteiger partial charge in [0.25, 0.3) is 0 Å². The summed E-state index contributed by atoms with van der Waals surface area (Å²) in [6, 6.07) is 0. The molecule has 4 fully saturated rings. The largest absolute Gasteiger partial charge is 0.462 e. The van der Waals surface area contributed by atoms with Gasteiger partial charge in [0.05, 0.1) is 49.3 Å². The number of methoxy groups -OCH3 is 2. The van der Waals surface area contributed by atoms with Crippen LogP contribution in [0.2, 0.25) is 0 Å². The Morgan fingerprint density at radius 2 is 1.60 bits per heavy atom. The van der Waals surface area contributed by atoms with Gasteiger partial charge in [-0.2, -0.15) is 0 Å². The van der Waals surface area contributed by atoms with Gasteiger partial charge in [0, 0.05) is 51.7 Å². The van der Waals surface area contributed by atoms with Crippen molar-refractivity contribution in [3.8, 4) is 0 Å². The first-order valence-electron chi connectivity index (χ1n) is 22.9. The Morgan fingerprint density at radius 1 is 0.887 bits per heavy atom. The Morgan fingerprint density at radius 3 is 2.32 bits per heavy atom. The maximum Gasteiger partial charge on any atom is 0.316 e. The van der Waals surface area contributed by atoms with Crippen LogP contribution in [-0.4, -0.2) is 139 Å². The molecule has 1 spiro atoms. The van der Waals surface area contributed by atoms with Gasteiger partial charge in [-0.05, 0) is 62.8 Å². The van der Waals surface area contributed by atoms with Crippen molar-refractivity contribution in [1.82, 2.24) is 0 Å². The number of fused-ring (bicyclic) bond motifs is 2. The average Bonchev–Trinajstić information content (AvgIpc) is 3.58. The van der Waals surface area contributed by atoms with Gasteiger partial charge in [-0.15, -0.1) is 0 Å². The lowest BCUT2D eigenvalue weighted by atomic mass is 9.71. The van der Waals surface area contributed by atoms with Gasteiger partial charge in [0.2, 0.25) is 0 Å². The van der Waals surface area contributed by atoms with Crippen LogP contribution in [0, 0.1) is 23.7 Å². The molecule has 6 heterocycles. The summed E-state index contributed by atoms with van der Waals surface area (Å²) in [5.41, 5.74) is 0.134. The number of rotatable bonds is 8. The van der Waals surface area contributed by atoms with Crippen molar-refractivity contribution < 1.29 is 67.5 Å². The summed E-state index contributed by atoms with van der Waals surface area (Å²) in [6.45, 7) is 16.1. The molecule has 14 heteroatoms. The van der Waals surface area contributed by atoms with E-state index in [1.165, 1.54) is 0 Å². The molecule has 0 aromatic heterocycles. The predicted molar refractivity (Wildman–Crippen MR) is 227 cm³/mol. The zero-order valence-corrected chi connectivity index (χ0v) is 38.2. The lowest BCUT2D eigenvalue weighted by molar-refractivity contribution is -0.318. The van der Waals surface area contributed by atoms with Crippen LogP contribution in [0.15, 0.2) is 59.3 Å². The van der Waals surface area contributed by atoms with Crippen LogP contribution < -0.4 is 0 Å². The second-order valence-corrected chi connectivity index (χ2v) is 19.0. The highest BCUT2D eigenvalue weighted by atomic mass is 16.7. The number of aliphatic hydroxyl groups excluding tert-OH is 2. The number of hydrogen-bond acceptors (Lipinski definition) is 14. The monoisotopic (exact) mass is 872 g/mol. The van der Waals surface area contributed by atoms with E-state index < -0.39 is 90.8 Å². The van der Waals surface area contributed by atoms with Gasteiger partial charge in [-0.1, -0.05) is 70.6 Å². The number of carbonyl (C=O) groups is 1. The molecule has 14 nitrogen and oxygen atoms in total. The summed E-state index contributed by atoms with van der Waals surface area (Å²) >= 11 is 0. The maximum absolute atomic E-state index is 14.3. The lowest BCUT2D eigenvalue weighted by Crippen LogP contribution is -2.58. The summed E-state index contributed by atoms with van der Waals surface area (Å²) < 4.78 is 63.7.